The SMILES string of the molecule is C1=N[N]C2=C1Cc1ccccc12. The molecule has 57 valence electrons. The summed E-state index contributed by atoms with van der Waals surface area (Å²) >= 11 is 0. The van der Waals surface area contributed by atoms with Crippen molar-refractivity contribution >= 4 is 11.9 Å². The lowest BCUT2D eigenvalue weighted by molar-refractivity contribution is 0.999. The maximum atomic E-state index is 4.09. The van der Waals surface area contributed by atoms with Crippen LogP contribution < -0.4 is 5.43 Å². The third-order valence-electron chi connectivity index (χ3n) is 2.33. The molecule has 12 heavy (non-hydrogen) atoms. The van der Waals surface area contributed by atoms with Crippen LogP contribution in [-0.2, 0) is 6.42 Å². The highest BCUT2D eigenvalue weighted by Gasteiger charge is 2.23. The first-order valence-corrected chi connectivity index (χ1v) is 4.00. The third kappa shape index (κ3) is 0.619. The van der Waals surface area contributed by atoms with Gasteiger partial charge in [0.2, 0.25) is 0 Å². The van der Waals surface area contributed by atoms with Gasteiger partial charge in [-0.25, -0.2) is 0 Å². The molecule has 0 amide bonds. The molecule has 1 radical (unpaired) electrons. The highest BCUT2D eigenvalue weighted by molar-refractivity contribution is 5.97. The molecule has 0 atom stereocenters. The summed E-state index contributed by atoms with van der Waals surface area (Å²) in [5.41, 5.74) is 9.05. The van der Waals surface area contributed by atoms with Crippen LogP contribution >= 0.6 is 0 Å². The fourth-order valence-electron chi connectivity index (χ4n) is 1.75. The zero-order chi connectivity index (χ0) is 7.97. The number of benzene rings is 1. The molecule has 1 aliphatic carbocycles. The minimum absolute atomic E-state index is 0.999. The molecule has 1 heterocycles. The molecule has 0 aromatic heterocycles. The molecule has 0 saturated heterocycles. The molecule has 0 unspecified atom stereocenters. The second-order valence-electron chi connectivity index (χ2n) is 3.05. The highest BCUT2D eigenvalue weighted by atomic mass is 15.3. The van der Waals surface area contributed by atoms with E-state index in [9.17, 15) is 0 Å². The molecule has 0 bridgehead atoms. The van der Waals surface area contributed by atoms with Crippen LogP contribution in [0.1, 0.15) is 11.1 Å². The van der Waals surface area contributed by atoms with Gasteiger partial charge in [-0.15, -0.1) is 0 Å². The van der Waals surface area contributed by atoms with E-state index >= 15 is 0 Å². The van der Waals surface area contributed by atoms with Crippen LogP contribution in [0.25, 0.3) is 5.70 Å². The second kappa shape index (κ2) is 1.97. The summed E-state index contributed by atoms with van der Waals surface area (Å²) in [6, 6.07) is 8.37. The van der Waals surface area contributed by atoms with Gasteiger partial charge in [0.05, 0.1) is 11.9 Å². The molecule has 0 fully saturated rings. The van der Waals surface area contributed by atoms with E-state index in [-0.39, 0.29) is 0 Å². The summed E-state index contributed by atoms with van der Waals surface area (Å²) in [5, 5.41) is 3.89. The van der Waals surface area contributed by atoms with E-state index in [1.165, 1.54) is 16.7 Å². The molecule has 2 heteroatoms. The van der Waals surface area contributed by atoms with Crippen LogP contribution in [0.2, 0.25) is 0 Å². The average molecular weight is 155 g/mol. The zero-order valence-electron chi connectivity index (χ0n) is 6.49. The Morgan fingerprint density at radius 1 is 1.17 bits per heavy atom. The van der Waals surface area contributed by atoms with E-state index < -0.39 is 0 Å². The number of hydrogen-bond acceptors (Lipinski definition) is 1. The summed E-state index contributed by atoms with van der Waals surface area (Å²) in [6.45, 7) is 0. The van der Waals surface area contributed by atoms with Crippen LogP contribution in [0.5, 0.6) is 0 Å². The number of allylic oxidation sites excluding steroid dienone is 1. The van der Waals surface area contributed by atoms with Crippen LogP contribution in [0.4, 0.5) is 0 Å². The second-order valence-corrected chi connectivity index (χ2v) is 3.05. The Morgan fingerprint density at radius 2 is 2.08 bits per heavy atom. The van der Waals surface area contributed by atoms with Crippen molar-refractivity contribution < 1.29 is 0 Å². The van der Waals surface area contributed by atoms with Gasteiger partial charge in [0.25, 0.3) is 0 Å². The van der Waals surface area contributed by atoms with Crippen molar-refractivity contribution in [1.82, 2.24) is 5.43 Å². The molecule has 0 N–H and O–H groups in total. The Labute approximate surface area is 70.6 Å². The fraction of sp³-hybridized carbons (Fsp3) is 0.100. The summed E-state index contributed by atoms with van der Waals surface area (Å²) in [5.74, 6) is 0. The molecule has 1 aliphatic heterocycles. The van der Waals surface area contributed by atoms with Gasteiger partial charge in [-0.1, -0.05) is 24.3 Å². The fourth-order valence-corrected chi connectivity index (χ4v) is 1.75. The monoisotopic (exact) mass is 155 g/mol. The van der Waals surface area contributed by atoms with Gasteiger partial charge in [0.1, 0.15) is 0 Å². The zero-order valence-corrected chi connectivity index (χ0v) is 6.49. The number of nitrogens with zero attached hydrogens (tertiary/aromatic N) is 2. The third-order valence-corrected chi connectivity index (χ3v) is 2.33. The van der Waals surface area contributed by atoms with Crippen LogP contribution in [0.15, 0.2) is 34.9 Å². The van der Waals surface area contributed by atoms with Gasteiger partial charge in [0.15, 0.2) is 0 Å². The number of rotatable bonds is 0. The lowest BCUT2D eigenvalue weighted by Gasteiger charge is -1.99. The molecule has 1 aromatic carbocycles. The first-order chi connectivity index (χ1) is 5.95. The molecule has 2 nitrogen and oxygen atoms in total. The Morgan fingerprint density at radius 3 is 3.08 bits per heavy atom. The van der Waals surface area contributed by atoms with E-state index in [0.717, 1.165) is 12.1 Å². The molecular weight excluding hydrogens is 148 g/mol. The standard InChI is InChI=1S/C10H7N2/c1-2-4-9-7(3-1)5-8-6-11-12-10(8)9/h1-4,6H,5H2. The van der Waals surface area contributed by atoms with E-state index in [1.807, 2.05) is 12.3 Å². The van der Waals surface area contributed by atoms with Gasteiger partial charge < -0.3 is 0 Å². The Balaban J connectivity index is 2.21. The van der Waals surface area contributed by atoms with Crippen molar-refractivity contribution in [3.05, 3.63) is 41.0 Å². The first kappa shape index (κ1) is 6.00. The predicted molar refractivity (Wildman–Crippen MR) is 47.7 cm³/mol. The average Bonchev–Trinajstić information content (AvgIpc) is 2.62. The van der Waals surface area contributed by atoms with Crippen molar-refractivity contribution in [3.8, 4) is 0 Å². The lowest BCUT2D eigenvalue weighted by atomic mass is 10.1. The molecule has 3 rings (SSSR count). The van der Waals surface area contributed by atoms with E-state index in [0.29, 0.717) is 0 Å². The maximum absolute atomic E-state index is 4.09. The number of fused-ring (bicyclic) bond motifs is 2. The Hall–Kier alpha value is -1.57. The number of hydrogen-bond donors (Lipinski definition) is 0. The highest BCUT2D eigenvalue weighted by Crippen LogP contribution is 2.32. The van der Waals surface area contributed by atoms with Crippen LogP contribution in [-0.4, -0.2) is 6.21 Å². The van der Waals surface area contributed by atoms with Crippen LogP contribution in [0.3, 0.4) is 0 Å². The lowest BCUT2D eigenvalue weighted by Crippen LogP contribution is -1.91. The maximum Gasteiger partial charge on any atom is 0.0983 e. The van der Waals surface area contributed by atoms with Crippen molar-refractivity contribution in [2.45, 2.75) is 6.42 Å². The van der Waals surface area contributed by atoms with Crippen LogP contribution in [0, 0.1) is 0 Å². The van der Waals surface area contributed by atoms with Gasteiger partial charge in [0, 0.05) is 17.6 Å². The molecule has 0 spiro atoms. The summed E-state index contributed by atoms with van der Waals surface area (Å²) in [6.07, 6.45) is 2.86. The molecule has 2 aliphatic rings. The van der Waals surface area contributed by atoms with Crippen molar-refractivity contribution in [2.24, 2.45) is 5.10 Å². The first-order valence-electron chi connectivity index (χ1n) is 4.00. The van der Waals surface area contributed by atoms with Crippen molar-refractivity contribution in [3.63, 3.8) is 0 Å². The minimum atomic E-state index is 0.999. The quantitative estimate of drug-likeness (QED) is 0.543. The van der Waals surface area contributed by atoms with Gasteiger partial charge >= 0.3 is 0 Å². The van der Waals surface area contributed by atoms with E-state index in [1.54, 1.807) is 0 Å². The Bertz CT molecular complexity index is 402. The normalized spacial score (nSPS) is 17.7. The van der Waals surface area contributed by atoms with Gasteiger partial charge in [-0.3, -0.25) is 0 Å². The van der Waals surface area contributed by atoms with E-state index in [4.69, 9.17) is 0 Å². The molecular formula is C10H7N2. The van der Waals surface area contributed by atoms with E-state index in [2.05, 4.69) is 28.7 Å². The predicted octanol–water partition coefficient (Wildman–Crippen LogP) is 1.56. The van der Waals surface area contributed by atoms with Gasteiger partial charge in [-0.2, -0.15) is 10.5 Å². The Kier molecular flexibility index (Phi) is 0.987. The summed E-state index contributed by atoms with van der Waals surface area (Å²) in [4.78, 5) is 0. The largest absolute Gasteiger partial charge is 0.158 e. The summed E-state index contributed by atoms with van der Waals surface area (Å²) < 4.78 is 0. The topological polar surface area (TPSA) is 26.5 Å². The smallest absolute Gasteiger partial charge is 0.0983 e. The molecule has 0 saturated carbocycles. The van der Waals surface area contributed by atoms with Crippen molar-refractivity contribution in [1.29, 1.82) is 0 Å². The van der Waals surface area contributed by atoms with Gasteiger partial charge in [-0.05, 0) is 5.56 Å². The minimum Gasteiger partial charge on any atom is -0.158 e. The summed E-state index contributed by atoms with van der Waals surface area (Å²) in [7, 11) is 0. The van der Waals surface area contributed by atoms with Crippen molar-refractivity contribution in [2.75, 3.05) is 0 Å². The molecule has 1 aromatic rings.